The van der Waals surface area contributed by atoms with Gasteiger partial charge in [-0.1, -0.05) is 18.6 Å². The van der Waals surface area contributed by atoms with Crippen LogP contribution in [0.5, 0.6) is 0 Å². The van der Waals surface area contributed by atoms with Crippen LogP contribution in [0.3, 0.4) is 0 Å². The summed E-state index contributed by atoms with van der Waals surface area (Å²) in [5.74, 6) is -0.936. The number of hydrogen-bond acceptors (Lipinski definition) is 3. The quantitative estimate of drug-likeness (QED) is 0.770. The summed E-state index contributed by atoms with van der Waals surface area (Å²) < 4.78 is 2.04. The molecular formula is C19H21N3O2. The van der Waals surface area contributed by atoms with E-state index in [0.717, 1.165) is 28.6 Å². The lowest BCUT2D eigenvalue weighted by molar-refractivity contribution is 0.0695. The van der Waals surface area contributed by atoms with Crippen LogP contribution >= 0.6 is 0 Å². The maximum Gasteiger partial charge on any atom is 0.336 e. The van der Waals surface area contributed by atoms with E-state index in [1.165, 1.54) is 12.3 Å². The van der Waals surface area contributed by atoms with Crippen molar-refractivity contribution in [2.75, 3.05) is 0 Å². The minimum absolute atomic E-state index is 0.281. The van der Waals surface area contributed by atoms with E-state index in [1.54, 1.807) is 6.20 Å². The fraction of sp³-hybridized carbons (Fsp3) is 0.316. The number of carboxylic acid groups (broad SMARTS) is 1. The molecule has 5 nitrogen and oxygen atoms in total. The van der Waals surface area contributed by atoms with Gasteiger partial charge in [-0.05, 0) is 44.0 Å². The molecule has 0 aliphatic rings. The summed E-state index contributed by atoms with van der Waals surface area (Å²) in [7, 11) is 0. The van der Waals surface area contributed by atoms with Gasteiger partial charge in [0.25, 0.3) is 0 Å². The number of nitrogens with zero attached hydrogens (tertiary/aromatic N) is 3. The number of aryl methyl sites for hydroxylation is 1. The van der Waals surface area contributed by atoms with Gasteiger partial charge >= 0.3 is 5.97 Å². The Morgan fingerprint density at radius 2 is 2.12 bits per heavy atom. The van der Waals surface area contributed by atoms with Gasteiger partial charge in [0, 0.05) is 30.2 Å². The number of aromatic nitrogens is 3. The lowest BCUT2D eigenvalue weighted by Crippen LogP contribution is -2.07. The van der Waals surface area contributed by atoms with E-state index in [2.05, 4.69) is 44.0 Å². The Morgan fingerprint density at radius 1 is 1.33 bits per heavy atom. The molecule has 3 rings (SSSR count). The van der Waals surface area contributed by atoms with Crippen molar-refractivity contribution in [3.8, 4) is 0 Å². The fourth-order valence-corrected chi connectivity index (χ4v) is 2.92. The zero-order valence-electron chi connectivity index (χ0n) is 14.2. The highest BCUT2D eigenvalue weighted by molar-refractivity contribution is 5.90. The van der Waals surface area contributed by atoms with E-state index in [9.17, 15) is 9.90 Å². The van der Waals surface area contributed by atoms with Crippen molar-refractivity contribution >= 4 is 16.9 Å². The lowest BCUT2D eigenvalue weighted by Gasteiger charge is -2.10. The molecule has 2 heterocycles. The standard InChI is InChI=1S/C19H21N3O2/c1-4-13(3)22-18-6-5-12(2)9-16(18)17(21-22)10-14-11-20-8-7-15(14)19(23)24/h5-9,11,13H,4,10H2,1-3H3,(H,23,24). The zero-order valence-corrected chi connectivity index (χ0v) is 14.2. The Morgan fingerprint density at radius 3 is 2.83 bits per heavy atom. The smallest absolute Gasteiger partial charge is 0.336 e. The van der Waals surface area contributed by atoms with E-state index in [0.29, 0.717) is 12.0 Å². The van der Waals surface area contributed by atoms with Gasteiger partial charge in [-0.2, -0.15) is 5.10 Å². The first-order valence-electron chi connectivity index (χ1n) is 8.15. The van der Waals surface area contributed by atoms with Gasteiger partial charge in [0.1, 0.15) is 0 Å². The fourth-order valence-electron chi connectivity index (χ4n) is 2.92. The Bertz CT molecular complexity index is 899. The highest BCUT2D eigenvalue weighted by Gasteiger charge is 2.17. The first-order valence-corrected chi connectivity index (χ1v) is 8.15. The molecule has 3 aromatic rings. The van der Waals surface area contributed by atoms with Gasteiger partial charge in [0.2, 0.25) is 0 Å². The second-order valence-corrected chi connectivity index (χ2v) is 6.18. The molecule has 1 aromatic carbocycles. The van der Waals surface area contributed by atoms with Gasteiger partial charge in [-0.3, -0.25) is 9.67 Å². The molecule has 1 N–H and O–H groups in total. The van der Waals surface area contributed by atoms with Gasteiger partial charge in [0.15, 0.2) is 0 Å². The summed E-state index contributed by atoms with van der Waals surface area (Å²) in [4.78, 5) is 15.5. The van der Waals surface area contributed by atoms with E-state index >= 15 is 0 Å². The van der Waals surface area contributed by atoms with Crippen LogP contribution in [0.25, 0.3) is 10.9 Å². The lowest BCUT2D eigenvalue weighted by atomic mass is 10.0. The summed E-state index contributed by atoms with van der Waals surface area (Å²) >= 11 is 0. The van der Waals surface area contributed by atoms with E-state index in [4.69, 9.17) is 5.10 Å². The Kier molecular flexibility index (Phi) is 4.34. The van der Waals surface area contributed by atoms with Gasteiger partial charge < -0.3 is 5.11 Å². The van der Waals surface area contributed by atoms with Crippen LogP contribution in [-0.2, 0) is 6.42 Å². The van der Waals surface area contributed by atoms with Crippen molar-refractivity contribution in [2.45, 2.75) is 39.7 Å². The van der Waals surface area contributed by atoms with Crippen LogP contribution in [0.1, 0.15) is 53.5 Å². The predicted octanol–water partition coefficient (Wildman–Crippen LogP) is 4.00. The molecule has 24 heavy (non-hydrogen) atoms. The summed E-state index contributed by atoms with van der Waals surface area (Å²) in [6, 6.07) is 8.12. The van der Waals surface area contributed by atoms with Crippen LogP contribution in [0.4, 0.5) is 0 Å². The third-order valence-corrected chi connectivity index (χ3v) is 4.44. The third kappa shape index (κ3) is 2.89. The number of pyridine rings is 1. The van der Waals surface area contributed by atoms with Crippen LogP contribution in [-0.4, -0.2) is 25.8 Å². The summed E-state index contributed by atoms with van der Waals surface area (Å²) in [5, 5.41) is 15.3. The van der Waals surface area contributed by atoms with Crippen molar-refractivity contribution in [2.24, 2.45) is 0 Å². The largest absolute Gasteiger partial charge is 0.478 e. The van der Waals surface area contributed by atoms with Crippen LogP contribution in [0.2, 0.25) is 0 Å². The number of hydrogen-bond donors (Lipinski definition) is 1. The topological polar surface area (TPSA) is 68.0 Å². The maximum absolute atomic E-state index is 11.4. The number of aromatic carboxylic acids is 1. The van der Waals surface area contributed by atoms with Gasteiger partial charge in [-0.25, -0.2) is 4.79 Å². The second kappa shape index (κ2) is 6.43. The minimum atomic E-state index is -0.936. The number of fused-ring (bicyclic) bond motifs is 1. The second-order valence-electron chi connectivity index (χ2n) is 6.18. The minimum Gasteiger partial charge on any atom is -0.478 e. The molecule has 0 spiro atoms. The van der Waals surface area contributed by atoms with Crippen LogP contribution in [0.15, 0.2) is 36.7 Å². The summed E-state index contributed by atoms with van der Waals surface area (Å²) in [6.45, 7) is 6.33. The van der Waals surface area contributed by atoms with Crippen LogP contribution < -0.4 is 0 Å². The number of rotatable bonds is 5. The molecule has 0 fully saturated rings. The monoisotopic (exact) mass is 323 g/mol. The zero-order chi connectivity index (χ0) is 17.3. The van der Waals surface area contributed by atoms with E-state index in [1.807, 2.05) is 4.68 Å². The average molecular weight is 323 g/mol. The molecule has 0 saturated carbocycles. The van der Waals surface area contributed by atoms with Crippen molar-refractivity contribution in [3.63, 3.8) is 0 Å². The third-order valence-electron chi connectivity index (χ3n) is 4.44. The molecule has 0 amide bonds. The number of carboxylic acids is 1. The molecule has 2 aromatic heterocycles. The number of carbonyl (C=O) groups is 1. The van der Waals surface area contributed by atoms with Crippen LogP contribution in [0, 0.1) is 6.92 Å². The van der Waals surface area contributed by atoms with Crippen molar-refractivity contribution in [1.82, 2.24) is 14.8 Å². The highest BCUT2D eigenvalue weighted by Crippen LogP contribution is 2.26. The predicted molar refractivity (Wildman–Crippen MR) is 93.5 cm³/mol. The summed E-state index contributed by atoms with van der Waals surface area (Å²) in [5.41, 5.74) is 4.11. The molecule has 0 aliphatic heterocycles. The van der Waals surface area contributed by atoms with Crippen molar-refractivity contribution in [1.29, 1.82) is 0 Å². The first-order chi connectivity index (χ1) is 11.5. The normalized spacial score (nSPS) is 12.5. The van der Waals surface area contributed by atoms with E-state index < -0.39 is 5.97 Å². The molecule has 0 bridgehead atoms. The molecule has 5 heteroatoms. The molecule has 1 unspecified atom stereocenters. The van der Waals surface area contributed by atoms with E-state index in [-0.39, 0.29) is 11.6 Å². The summed E-state index contributed by atoms with van der Waals surface area (Å²) in [6.07, 6.45) is 4.57. The molecule has 1 atom stereocenters. The number of benzene rings is 1. The SMILES string of the molecule is CCC(C)n1nc(Cc2cnccc2C(=O)O)c2cc(C)ccc21. The molecule has 0 saturated heterocycles. The van der Waals surface area contributed by atoms with Crippen molar-refractivity contribution in [3.05, 3.63) is 59.0 Å². The highest BCUT2D eigenvalue weighted by atomic mass is 16.4. The Labute approximate surface area is 141 Å². The molecule has 0 radical (unpaired) electrons. The molecular weight excluding hydrogens is 302 g/mol. The van der Waals surface area contributed by atoms with Gasteiger partial charge in [-0.15, -0.1) is 0 Å². The first kappa shape index (κ1) is 16.2. The maximum atomic E-state index is 11.4. The average Bonchev–Trinajstić information content (AvgIpc) is 2.92. The van der Waals surface area contributed by atoms with Gasteiger partial charge in [0.05, 0.1) is 16.8 Å². The Hall–Kier alpha value is -2.69. The Balaban J connectivity index is 2.13. The van der Waals surface area contributed by atoms with Crippen molar-refractivity contribution < 1.29 is 9.90 Å². The molecule has 0 aliphatic carbocycles. The molecule has 124 valence electrons.